The highest BCUT2D eigenvalue weighted by molar-refractivity contribution is 8.00. The summed E-state index contributed by atoms with van der Waals surface area (Å²) < 4.78 is 2.06. The van der Waals surface area contributed by atoms with Gasteiger partial charge in [0.1, 0.15) is 21.8 Å². The number of nitriles is 2. The Labute approximate surface area is 200 Å². The van der Waals surface area contributed by atoms with Gasteiger partial charge in [0.25, 0.3) is 11.5 Å². The first-order valence-corrected chi connectivity index (χ1v) is 12.6. The van der Waals surface area contributed by atoms with Crippen molar-refractivity contribution in [2.24, 2.45) is 0 Å². The van der Waals surface area contributed by atoms with Gasteiger partial charge in [-0.1, -0.05) is 12.1 Å². The van der Waals surface area contributed by atoms with Crippen LogP contribution in [0.4, 0.5) is 5.69 Å². The van der Waals surface area contributed by atoms with E-state index in [1.807, 2.05) is 30.0 Å². The highest BCUT2D eigenvalue weighted by Gasteiger charge is 2.20. The number of carbonyl (C=O) groups excluding carboxylic acids is 1. The van der Waals surface area contributed by atoms with Gasteiger partial charge in [-0.05, 0) is 38.0 Å². The lowest BCUT2D eigenvalue weighted by Gasteiger charge is -2.19. The minimum absolute atomic E-state index is 0.176. The molecule has 0 aliphatic carbocycles. The Balaban J connectivity index is 1.84. The van der Waals surface area contributed by atoms with E-state index in [0.29, 0.717) is 16.5 Å². The maximum absolute atomic E-state index is 12.8. The first-order valence-electron chi connectivity index (χ1n) is 10.7. The molecule has 2 heterocycles. The van der Waals surface area contributed by atoms with Crippen molar-refractivity contribution in [2.75, 3.05) is 30.7 Å². The second-order valence-corrected chi connectivity index (χ2v) is 9.85. The zero-order chi connectivity index (χ0) is 23.8. The first-order chi connectivity index (χ1) is 16.0. The van der Waals surface area contributed by atoms with E-state index >= 15 is 0 Å². The first kappa shape index (κ1) is 24.6. The van der Waals surface area contributed by atoms with Crippen molar-refractivity contribution in [1.82, 2.24) is 14.8 Å². The van der Waals surface area contributed by atoms with Gasteiger partial charge < -0.3 is 10.6 Å². The van der Waals surface area contributed by atoms with E-state index < -0.39 is 5.91 Å². The van der Waals surface area contributed by atoms with E-state index in [1.54, 1.807) is 19.2 Å². The molecule has 10 heteroatoms. The number of amides is 1. The highest BCUT2D eigenvalue weighted by atomic mass is 32.2. The quantitative estimate of drug-likeness (QED) is 0.540. The monoisotopic (exact) mass is 482 g/mol. The van der Waals surface area contributed by atoms with Gasteiger partial charge in [0.2, 0.25) is 0 Å². The average Bonchev–Trinajstić information content (AvgIpc) is 3.37. The van der Waals surface area contributed by atoms with Crippen molar-refractivity contribution in [3.05, 3.63) is 49.4 Å². The topological polar surface area (TPSA) is 114 Å². The van der Waals surface area contributed by atoms with Crippen LogP contribution in [0.15, 0.2) is 29.1 Å². The molecule has 0 saturated carbocycles. The number of hydrogen-bond acceptors (Lipinski definition) is 8. The van der Waals surface area contributed by atoms with Crippen LogP contribution in [0.3, 0.4) is 0 Å². The van der Waals surface area contributed by atoms with Crippen molar-refractivity contribution in [3.63, 3.8) is 0 Å². The molecule has 1 fully saturated rings. The number of benzene rings is 1. The van der Waals surface area contributed by atoms with Crippen LogP contribution in [0.5, 0.6) is 0 Å². The van der Waals surface area contributed by atoms with Crippen LogP contribution in [0.25, 0.3) is 11.8 Å². The molecule has 172 valence electrons. The smallest absolute Gasteiger partial charge is 0.270 e. The number of carbonyl (C=O) groups is 1. The molecule has 0 radical (unpaired) electrons. The summed E-state index contributed by atoms with van der Waals surface area (Å²) in [6.45, 7) is 6.26. The van der Waals surface area contributed by atoms with Gasteiger partial charge in [0, 0.05) is 37.3 Å². The Hall–Kier alpha value is -3.05. The summed E-state index contributed by atoms with van der Waals surface area (Å²) in [4.78, 5) is 27.6. The number of hydrogen-bond donors (Lipinski definition) is 2. The van der Waals surface area contributed by atoms with Crippen molar-refractivity contribution < 1.29 is 4.79 Å². The second kappa shape index (κ2) is 11.7. The van der Waals surface area contributed by atoms with Crippen LogP contribution >= 0.6 is 23.1 Å². The summed E-state index contributed by atoms with van der Waals surface area (Å²) in [5.41, 5.74) is 1.63. The molecule has 3 rings (SSSR count). The summed E-state index contributed by atoms with van der Waals surface area (Å²) in [7, 11) is 0. The fourth-order valence-corrected chi connectivity index (χ4v) is 5.74. The lowest BCUT2D eigenvalue weighted by atomic mass is 10.1. The Morgan fingerprint density at radius 1 is 1.36 bits per heavy atom. The van der Waals surface area contributed by atoms with E-state index in [2.05, 4.69) is 34.6 Å². The normalized spacial score (nSPS) is 17.3. The molecule has 33 heavy (non-hydrogen) atoms. The van der Waals surface area contributed by atoms with Crippen LogP contribution < -0.4 is 25.4 Å². The third-order valence-electron chi connectivity index (χ3n) is 5.34. The van der Waals surface area contributed by atoms with Crippen LogP contribution in [-0.2, 0) is 17.8 Å². The molecule has 1 atom stereocenters. The van der Waals surface area contributed by atoms with E-state index in [0.717, 1.165) is 36.5 Å². The van der Waals surface area contributed by atoms with Crippen LogP contribution in [0.2, 0.25) is 0 Å². The predicted octanol–water partition coefficient (Wildman–Crippen LogP) is 1.03. The molecule has 0 bridgehead atoms. The SMILES string of the molecule is CCn1c(=O)/c(=C\Nc2cccc(CCN3CCSC3C)c2)s/c1=C(/C#N)C(=O)NCC#N. The molecule has 2 aromatic rings. The number of anilines is 1. The molecule has 1 amide bonds. The van der Waals surface area contributed by atoms with Crippen molar-refractivity contribution in [2.45, 2.75) is 32.2 Å². The molecule has 2 N–H and O–H groups in total. The zero-order valence-corrected chi connectivity index (χ0v) is 20.3. The highest BCUT2D eigenvalue weighted by Crippen LogP contribution is 2.23. The second-order valence-electron chi connectivity index (χ2n) is 7.39. The van der Waals surface area contributed by atoms with Gasteiger partial charge in [0.15, 0.2) is 5.57 Å². The molecule has 1 aromatic carbocycles. The minimum Gasteiger partial charge on any atom is -0.360 e. The van der Waals surface area contributed by atoms with E-state index in [1.165, 1.54) is 15.9 Å². The maximum atomic E-state index is 12.8. The molecular formula is C23H26N6O2S2. The van der Waals surface area contributed by atoms with Crippen molar-refractivity contribution >= 4 is 46.5 Å². The minimum atomic E-state index is -0.666. The number of thioether (sulfide) groups is 1. The van der Waals surface area contributed by atoms with Gasteiger partial charge in [-0.3, -0.25) is 19.1 Å². The Morgan fingerprint density at radius 2 is 2.18 bits per heavy atom. The number of nitrogens with one attached hydrogen (secondary N) is 2. The number of aromatic nitrogens is 1. The Bertz CT molecular complexity index is 1270. The fourth-order valence-electron chi connectivity index (χ4n) is 3.56. The van der Waals surface area contributed by atoms with Crippen molar-refractivity contribution in [3.8, 4) is 12.1 Å². The Morgan fingerprint density at radius 3 is 2.85 bits per heavy atom. The standard InChI is InChI=1S/C23H26N6O2S2/c1-3-29-22(31)20(33-23(29)19(14-25)21(30)26-9-8-24)15-27-18-6-4-5-17(13-18)7-10-28-11-12-32-16(28)2/h4-6,13,15-16,27H,3,7,9-12H2,1-2H3,(H,26,30)/b20-15+,23-19-. The van der Waals surface area contributed by atoms with E-state index in [-0.39, 0.29) is 22.3 Å². The van der Waals surface area contributed by atoms with Gasteiger partial charge in [-0.15, -0.1) is 23.1 Å². The molecule has 1 unspecified atom stereocenters. The number of nitrogens with zero attached hydrogens (tertiary/aromatic N) is 4. The fraction of sp³-hybridized carbons (Fsp3) is 0.391. The molecule has 1 aliphatic heterocycles. The average molecular weight is 483 g/mol. The number of rotatable bonds is 8. The van der Waals surface area contributed by atoms with Gasteiger partial charge in [0.05, 0.1) is 11.4 Å². The number of thiazole rings is 1. The third kappa shape index (κ3) is 6.05. The summed E-state index contributed by atoms with van der Waals surface area (Å²) >= 11 is 3.06. The zero-order valence-electron chi connectivity index (χ0n) is 18.6. The van der Waals surface area contributed by atoms with Gasteiger partial charge in [-0.25, -0.2) is 0 Å². The third-order valence-corrected chi connectivity index (χ3v) is 7.67. The predicted molar refractivity (Wildman–Crippen MR) is 133 cm³/mol. The largest absolute Gasteiger partial charge is 0.360 e. The summed E-state index contributed by atoms with van der Waals surface area (Å²) in [5, 5.41) is 24.2. The molecule has 8 nitrogen and oxygen atoms in total. The Kier molecular flexibility index (Phi) is 8.72. The molecular weight excluding hydrogens is 456 g/mol. The van der Waals surface area contributed by atoms with E-state index in [4.69, 9.17) is 5.26 Å². The summed E-state index contributed by atoms with van der Waals surface area (Å²) in [5.74, 6) is 0.515. The summed E-state index contributed by atoms with van der Waals surface area (Å²) in [6, 6.07) is 11.8. The van der Waals surface area contributed by atoms with Crippen LogP contribution in [0, 0.1) is 22.7 Å². The lowest BCUT2D eigenvalue weighted by molar-refractivity contribution is -0.115. The van der Waals surface area contributed by atoms with Crippen LogP contribution in [0.1, 0.15) is 19.4 Å². The van der Waals surface area contributed by atoms with Crippen LogP contribution in [-0.4, -0.2) is 46.1 Å². The van der Waals surface area contributed by atoms with Gasteiger partial charge in [-0.2, -0.15) is 10.5 Å². The molecule has 1 aliphatic rings. The van der Waals surface area contributed by atoms with Crippen molar-refractivity contribution in [1.29, 1.82) is 10.5 Å². The van der Waals surface area contributed by atoms with Gasteiger partial charge >= 0.3 is 0 Å². The molecule has 0 spiro atoms. The van der Waals surface area contributed by atoms with E-state index in [9.17, 15) is 14.9 Å². The molecule has 1 aromatic heterocycles. The lowest BCUT2D eigenvalue weighted by Crippen LogP contribution is -2.34. The summed E-state index contributed by atoms with van der Waals surface area (Å²) in [6.07, 6.45) is 2.56. The molecule has 1 saturated heterocycles. The maximum Gasteiger partial charge on any atom is 0.270 e.